The lowest BCUT2D eigenvalue weighted by Gasteiger charge is -2.17. The summed E-state index contributed by atoms with van der Waals surface area (Å²) in [5.74, 6) is 0.534. The molecule has 3 nitrogen and oxygen atoms in total. The van der Waals surface area contributed by atoms with Crippen LogP contribution in [0.5, 0.6) is 0 Å². The largest absolute Gasteiger partial charge is 0.341 e. The third kappa shape index (κ3) is 4.33. The molecule has 20 heavy (non-hydrogen) atoms. The molecule has 0 fully saturated rings. The predicted octanol–water partition coefficient (Wildman–Crippen LogP) is 3.96. The molecular formula is C14H15BrN2OS2. The van der Waals surface area contributed by atoms with Crippen molar-refractivity contribution < 1.29 is 4.79 Å². The zero-order valence-electron chi connectivity index (χ0n) is 11.3. The van der Waals surface area contributed by atoms with Crippen LogP contribution in [0.15, 0.2) is 38.5 Å². The Hall–Kier alpha value is -0.850. The van der Waals surface area contributed by atoms with Gasteiger partial charge in [-0.15, -0.1) is 11.3 Å². The number of amides is 1. The van der Waals surface area contributed by atoms with E-state index in [9.17, 15) is 4.79 Å². The third-order valence-corrected chi connectivity index (χ3v) is 5.61. The monoisotopic (exact) mass is 370 g/mol. The minimum atomic E-state index is 0.110. The summed E-state index contributed by atoms with van der Waals surface area (Å²) in [5, 5.41) is 2.00. The average Bonchev–Trinajstić information content (AvgIpc) is 2.84. The first-order chi connectivity index (χ1) is 9.56. The van der Waals surface area contributed by atoms with Crippen LogP contribution in [0, 0.1) is 6.92 Å². The average molecular weight is 371 g/mol. The van der Waals surface area contributed by atoms with Gasteiger partial charge in [-0.2, -0.15) is 0 Å². The van der Waals surface area contributed by atoms with E-state index < -0.39 is 0 Å². The molecule has 106 valence electrons. The molecule has 0 aliphatic heterocycles. The Morgan fingerprint density at radius 2 is 2.20 bits per heavy atom. The highest BCUT2D eigenvalue weighted by Gasteiger charge is 2.12. The lowest BCUT2D eigenvalue weighted by atomic mass is 10.2. The van der Waals surface area contributed by atoms with Crippen molar-refractivity contribution in [3.05, 3.63) is 45.4 Å². The highest BCUT2D eigenvalue weighted by Crippen LogP contribution is 2.23. The number of hydrogen-bond acceptors (Lipinski definition) is 4. The minimum Gasteiger partial charge on any atom is -0.341 e. The zero-order valence-corrected chi connectivity index (χ0v) is 14.5. The van der Waals surface area contributed by atoms with Crippen molar-refractivity contribution in [2.24, 2.45) is 0 Å². The van der Waals surface area contributed by atoms with Gasteiger partial charge in [0, 0.05) is 29.1 Å². The first-order valence-corrected chi connectivity index (χ1v) is 8.74. The molecule has 2 rings (SSSR count). The SMILES string of the molecule is Cc1csc(SCC(=O)N(C)Cc2ccccc2Br)n1. The number of benzene rings is 1. The van der Waals surface area contributed by atoms with Crippen LogP contribution in [-0.4, -0.2) is 28.6 Å². The highest BCUT2D eigenvalue weighted by atomic mass is 79.9. The molecule has 1 aromatic carbocycles. The van der Waals surface area contributed by atoms with Gasteiger partial charge in [-0.1, -0.05) is 45.9 Å². The van der Waals surface area contributed by atoms with Crippen LogP contribution in [0.3, 0.4) is 0 Å². The molecule has 0 bridgehead atoms. The number of aromatic nitrogens is 1. The second-order valence-corrected chi connectivity index (χ2v) is 7.32. The van der Waals surface area contributed by atoms with Crippen molar-refractivity contribution in [2.45, 2.75) is 17.8 Å². The van der Waals surface area contributed by atoms with Crippen molar-refractivity contribution in [3.8, 4) is 0 Å². The minimum absolute atomic E-state index is 0.110. The number of rotatable bonds is 5. The Morgan fingerprint density at radius 3 is 2.85 bits per heavy atom. The molecule has 0 saturated carbocycles. The van der Waals surface area contributed by atoms with E-state index in [1.54, 1.807) is 16.2 Å². The second kappa shape index (κ2) is 7.24. The summed E-state index contributed by atoms with van der Waals surface area (Å²) in [6.45, 7) is 2.57. The molecule has 0 aliphatic carbocycles. The standard InChI is InChI=1S/C14H15BrN2OS2/c1-10-8-19-14(16-10)20-9-13(18)17(2)7-11-5-3-4-6-12(11)15/h3-6,8H,7,9H2,1-2H3. The number of carbonyl (C=O) groups is 1. The van der Waals surface area contributed by atoms with E-state index in [-0.39, 0.29) is 5.91 Å². The number of hydrogen-bond donors (Lipinski definition) is 0. The first-order valence-electron chi connectivity index (χ1n) is 6.08. The summed E-state index contributed by atoms with van der Waals surface area (Å²) in [6.07, 6.45) is 0. The molecule has 0 saturated heterocycles. The first kappa shape index (κ1) is 15.5. The van der Waals surface area contributed by atoms with Gasteiger partial charge in [0.2, 0.25) is 5.91 Å². The van der Waals surface area contributed by atoms with Crippen LogP contribution in [0.25, 0.3) is 0 Å². The molecule has 1 amide bonds. The Balaban J connectivity index is 1.87. The number of carbonyl (C=O) groups excluding carboxylic acids is 1. The van der Waals surface area contributed by atoms with Gasteiger partial charge in [0.1, 0.15) is 0 Å². The molecule has 6 heteroatoms. The Kier molecular flexibility index (Phi) is 5.63. The van der Waals surface area contributed by atoms with E-state index in [0.29, 0.717) is 12.3 Å². The van der Waals surface area contributed by atoms with Crippen LogP contribution >= 0.6 is 39.0 Å². The summed E-state index contributed by atoms with van der Waals surface area (Å²) in [4.78, 5) is 18.2. The lowest BCUT2D eigenvalue weighted by Crippen LogP contribution is -2.27. The van der Waals surface area contributed by atoms with E-state index in [2.05, 4.69) is 20.9 Å². The summed E-state index contributed by atoms with van der Waals surface area (Å²) in [6, 6.07) is 7.95. The van der Waals surface area contributed by atoms with Crippen LogP contribution in [0.4, 0.5) is 0 Å². The number of thioether (sulfide) groups is 1. The normalized spacial score (nSPS) is 10.6. The van der Waals surface area contributed by atoms with E-state index in [0.717, 1.165) is 20.1 Å². The van der Waals surface area contributed by atoms with Crippen LogP contribution in [-0.2, 0) is 11.3 Å². The Labute approximate surface area is 135 Å². The summed E-state index contributed by atoms with van der Waals surface area (Å²) < 4.78 is 1.98. The van der Waals surface area contributed by atoms with Crippen molar-refractivity contribution in [1.29, 1.82) is 0 Å². The fourth-order valence-corrected chi connectivity index (χ4v) is 3.80. The molecule has 2 aromatic rings. The van der Waals surface area contributed by atoms with Gasteiger partial charge in [0.15, 0.2) is 4.34 Å². The van der Waals surface area contributed by atoms with Crippen molar-refractivity contribution in [1.82, 2.24) is 9.88 Å². The van der Waals surface area contributed by atoms with Crippen molar-refractivity contribution >= 4 is 44.9 Å². The summed E-state index contributed by atoms with van der Waals surface area (Å²) in [7, 11) is 1.83. The summed E-state index contributed by atoms with van der Waals surface area (Å²) in [5.41, 5.74) is 2.12. The van der Waals surface area contributed by atoms with E-state index in [1.807, 2.05) is 43.6 Å². The highest BCUT2D eigenvalue weighted by molar-refractivity contribution is 9.10. The van der Waals surface area contributed by atoms with Gasteiger partial charge in [0.25, 0.3) is 0 Å². The molecule has 0 spiro atoms. The number of thiazole rings is 1. The van der Waals surface area contributed by atoms with Crippen molar-refractivity contribution in [2.75, 3.05) is 12.8 Å². The maximum absolute atomic E-state index is 12.1. The zero-order chi connectivity index (χ0) is 14.5. The fraction of sp³-hybridized carbons (Fsp3) is 0.286. The summed E-state index contributed by atoms with van der Waals surface area (Å²) >= 11 is 6.58. The van der Waals surface area contributed by atoms with Crippen LogP contribution < -0.4 is 0 Å². The van der Waals surface area contributed by atoms with Gasteiger partial charge >= 0.3 is 0 Å². The predicted molar refractivity (Wildman–Crippen MR) is 88.2 cm³/mol. The molecule has 0 radical (unpaired) electrons. The van der Waals surface area contributed by atoms with Gasteiger partial charge in [0.05, 0.1) is 5.75 Å². The van der Waals surface area contributed by atoms with E-state index >= 15 is 0 Å². The number of halogens is 1. The third-order valence-electron chi connectivity index (χ3n) is 2.71. The van der Waals surface area contributed by atoms with E-state index in [1.165, 1.54) is 11.8 Å². The topological polar surface area (TPSA) is 33.2 Å². The molecule has 0 aliphatic rings. The fourth-order valence-electron chi connectivity index (χ4n) is 1.60. The van der Waals surface area contributed by atoms with Gasteiger partial charge in [-0.25, -0.2) is 4.98 Å². The lowest BCUT2D eigenvalue weighted by molar-refractivity contribution is -0.127. The molecule has 1 heterocycles. The maximum Gasteiger partial charge on any atom is 0.233 e. The molecule has 0 unspecified atom stereocenters. The maximum atomic E-state index is 12.1. The van der Waals surface area contributed by atoms with Gasteiger partial charge in [-0.05, 0) is 18.6 Å². The molecule has 0 atom stereocenters. The van der Waals surface area contributed by atoms with Crippen LogP contribution in [0.1, 0.15) is 11.3 Å². The van der Waals surface area contributed by atoms with Gasteiger partial charge < -0.3 is 4.90 Å². The quantitative estimate of drug-likeness (QED) is 0.746. The second-order valence-electron chi connectivity index (χ2n) is 4.38. The Morgan fingerprint density at radius 1 is 1.45 bits per heavy atom. The van der Waals surface area contributed by atoms with Gasteiger partial charge in [-0.3, -0.25) is 4.79 Å². The molecular weight excluding hydrogens is 356 g/mol. The van der Waals surface area contributed by atoms with Crippen LogP contribution in [0.2, 0.25) is 0 Å². The Bertz CT molecular complexity index is 600. The van der Waals surface area contributed by atoms with Crippen molar-refractivity contribution in [3.63, 3.8) is 0 Å². The number of nitrogens with zero attached hydrogens (tertiary/aromatic N) is 2. The smallest absolute Gasteiger partial charge is 0.233 e. The molecule has 1 aromatic heterocycles. The number of aryl methyl sites for hydroxylation is 1. The van der Waals surface area contributed by atoms with E-state index in [4.69, 9.17) is 0 Å². The molecule has 0 N–H and O–H groups in total.